The van der Waals surface area contributed by atoms with E-state index >= 15 is 0 Å². The van der Waals surface area contributed by atoms with Gasteiger partial charge in [0.2, 0.25) is 5.91 Å². The second-order valence-corrected chi connectivity index (χ2v) is 6.15. The summed E-state index contributed by atoms with van der Waals surface area (Å²) in [5, 5.41) is 16.8. The second kappa shape index (κ2) is 8.44. The van der Waals surface area contributed by atoms with Crippen LogP contribution in [0.4, 0.5) is 11.4 Å². The second-order valence-electron chi connectivity index (χ2n) is 6.15. The van der Waals surface area contributed by atoms with Gasteiger partial charge in [0.1, 0.15) is 5.75 Å². The average Bonchev–Trinajstić information content (AvgIpc) is 2.61. The van der Waals surface area contributed by atoms with Crippen LogP contribution in [-0.4, -0.2) is 24.0 Å². The fraction of sp³-hybridized carbons (Fsp3) is 0.316. The number of carbonyl (C=O) groups excluding carboxylic acids is 1. The molecule has 2 aromatic rings. The smallest absolute Gasteiger partial charge is 0.271 e. The zero-order valence-corrected chi connectivity index (χ0v) is 15.3. The molecule has 0 aromatic heterocycles. The van der Waals surface area contributed by atoms with E-state index in [1.54, 1.807) is 20.1 Å². The molecular formula is C19H23N3O4. The zero-order valence-electron chi connectivity index (χ0n) is 15.3. The first kappa shape index (κ1) is 19.4. The number of ether oxygens (including phenoxy) is 1. The van der Waals surface area contributed by atoms with Crippen LogP contribution >= 0.6 is 0 Å². The van der Waals surface area contributed by atoms with Gasteiger partial charge in [-0.25, -0.2) is 0 Å². The number of anilines is 1. The molecule has 2 N–H and O–H groups in total. The lowest BCUT2D eigenvalue weighted by atomic mass is 10.0. The van der Waals surface area contributed by atoms with Crippen LogP contribution < -0.4 is 15.4 Å². The zero-order chi connectivity index (χ0) is 19.3. The number of hydrogen-bond donors (Lipinski definition) is 2. The van der Waals surface area contributed by atoms with Gasteiger partial charge >= 0.3 is 0 Å². The first-order valence-corrected chi connectivity index (χ1v) is 8.27. The van der Waals surface area contributed by atoms with Gasteiger partial charge in [0.05, 0.1) is 18.1 Å². The first-order valence-electron chi connectivity index (χ1n) is 8.27. The summed E-state index contributed by atoms with van der Waals surface area (Å²) in [4.78, 5) is 22.7. The molecule has 0 saturated heterocycles. The fourth-order valence-electron chi connectivity index (χ4n) is 2.68. The highest BCUT2D eigenvalue weighted by Crippen LogP contribution is 2.26. The minimum Gasteiger partial charge on any atom is -0.496 e. The minimum atomic E-state index is -0.505. The Morgan fingerprint density at radius 1 is 1.19 bits per heavy atom. The molecule has 0 aliphatic rings. The highest BCUT2D eigenvalue weighted by atomic mass is 16.6. The van der Waals surface area contributed by atoms with Crippen LogP contribution in [0.2, 0.25) is 0 Å². The highest BCUT2D eigenvalue weighted by molar-refractivity contribution is 5.94. The monoisotopic (exact) mass is 357 g/mol. The van der Waals surface area contributed by atoms with E-state index in [0.29, 0.717) is 5.69 Å². The molecule has 0 fully saturated rings. The van der Waals surface area contributed by atoms with Gasteiger partial charge in [-0.1, -0.05) is 23.8 Å². The van der Waals surface area contributed by atoms with Crippen molar-refractivity contribution in [2.75, 3.05) is 12.4 Å². The normalized spacial score (nSPS) is 12.9. The maximum Gasteiger partial charge on any atom is 0.271 e. The van der Waals surface area contributed by atoms with Gasteiger partial charge in [0.15, 0.2) is 0 Å². The molecule has 1 amide bonds. The number of nitrogens with one attached hydrogen (secondary N) is 2. The quantitative estimate of drug-likeness (QED) is 0.583. The van der Waals surface area contributed by atoms with Gasteiger partial charge in [0.25, 0.3) is 5.69 Å². The molecular weight excluding hydrogens is 334 g/mol. The van der Waals surface area contributed by atoms with E-state index in [1.165, 1.54) is 18.2 Å². The number of rotatable bonds is 7. The number of nitro benzene ring substituents is 1. The number of benzene rings is 2. The number of methoxy groups -OCH3 is 1. The number of amides is 1. The SMILES string of the molecule is COc1ccc(C)cc1[C@@H](C)N[C@@H](C)C(=O)Nc1cccc([N+](=O)[O-])c1. The Hall–Kier alpha value is -2.93. The first-order chi connectivity index (χ1) is 12.3. The van der Waals surface area contributed by atoms with Crippen molar-refractivity contribution in [3.05, 3.63) is 63.7 Å². The summed E-state index contributed by atoms with van der Waals surface area (Å²) >= 11 is 0. The standard InChI is InChI=1S/C19H23N3O4/c1-12-8-9-18(26-4)17(10-12)13(2)20-14(3)19(23)21-15-6-5-7-16(11-15)22(24)25/h5-11,13-14,20H,1-4H3,(H,21,23)/t13-,14+/m1/s1. The van der Waals surface area contributed by atoms with Gasteiger partial charge < -0.3 is 10.1 Å². The minimum absolute atomic E-state index is 0.0683. The van der Waals surface area contributed by atoms with Crippen molar-refractivity contribution < 1.29 is 14.5 Å². The summed E-state index contributed by atoms with van der Waals surface area (Å²) in [6.07, 6.45) is 0. The number of non-ortho nitro benzene ring substituents is 1. The van der Waals surface area contributed by atoms with E-state index in [9.17, 15) is 14.9 Å². The summed E-state index contributed by atoms with van der Waals surface area (Å²) < 4.78 is 5.39. The third-order valence-corrected chi connectivity index (χ3v) is 4.07. The lowest BCUT2D eigenvalue weighted by Gasteiger charge is -2.22. The van der Waals surface area contributed by atoms with Crippen LogP contribution in [0.3, 0.4) is 0 Å². The van der Waals surface area contributed by atoms with Crippen molar-refractivity contribution in [3.63, 3.8) is 0 Å². The topological polar surface area (TPSA) is 93.5 Å². The summed E-state index contributed by atoms with van der Waals surface area (Å²) in [6, 6.07) is 11.1. The van der Waals surface area contributed by atoms with Gasteiger partial charge in [-0.15, -0.1) is 0 Å². The third kappa shape index (κ3) is 4.80. The number of hydrogen-bond acceptors (Lipinski definition) is 5. The molecule has 2 rings (SSSR count). The Kier molecular flexibility index (Phi) is 6.30. The molecule has 0 bridgehead atoms. The van der Waals surface area contributed by atoms with E-state index in [-0.39, 0.29) is 17.6 Å². The van der Waals surface area contributed by atoms with Crippen molar-refractivity contribution in [2.24, 2.45) is 0 Å². The van der Waals surface area contributed by atoms with E-state index in [1.807, 2.05) is 32.0 Å². The van der Waals surface area contributed by atoms with Crippen LogP contribution in [0.15, 0.2) is 42.5 Å². The molecule has 138 valence electrons. The van der Waals surface area contributed by atoms with E-state index in [4.69, 9.17) is 4.74 Å². The highest BCUT2D eigenvalue weighted by Gasteiger charge is 2.19. The number of aryl methyl sites for hydroxylation is 1. The fourth-order valence-corrected chi connectivity index (χ4v) is 2.68. The molecule has 26 heavy (non-hydrogen) atoms. The Bertz CT molecular complexity index is 807. The summed E-state index contributed by atoms with van der Waals surface area (Å²) in [7, 11) is 1.61. The largest absolute Gasteiger partial charge is 0.496 e. The van der Waals surface area contributed by atoms with Crippen LogP contribution in [0.25, 0.3) is 0 Å². The summed E-state index contributed by atoms with van der Waals surface area (Å²) in [5.41, 5.74) is 2.38. The Morgan fingerprint density at radius 3 is 2.58 bits per heavy atom. The van der Waals surface area contributed by atoms with Crippen LogP contribution in [0, 0.1) is 17.0 Å². The van der Waals surface area contributed by atoms with Crippen molar-refractivity contribution in [2.45, 2.75) is 32.9 Å². The van der Waals surface area contributed by atoms with Gasteiger partial charge in [-0.05, 0) is 32.9 Å². The lowest BCUT2D eigenvalue weighted by molar-refractivity contribution is -0.384. The number of nitro groups is 1. The van der Waals surface area contributed by atoms with Gasteiger partial charge in [-0.2, -0.15) is 0 Å². The molecule has 2 aromatic carbocycles. The molecule has 0 radical (unpaired) electrons. The maximum absolute atomic E-state index is 12.4. The predicted molar refractivity (Wildman–Crippen MR) is 100 cm³/mol. The Labute approximate surface area is 152 Å². The number of carbonyl (C=O) groups is 1. The van der Waals surface area contributed by atoms with Gasteiger partial charge in [0, 0.05) is 29.4 Å². The van der Waals surface area contributed by atoms with Crippen LogP contribution in [0.1, 0.15) is 31.0 Å². The molecule has 0 spiro atoms. The van der Waals surface area contributed by atoms with Crippen molar-refractivity contribution in [3.8, 4) is 5.75 Å². The Balaban J connectivity index is 2.06. The molecule has 2 atom stereocenters. The summed E-state index contributed by atoms with van der Waals surface area (Å²) in [5.74, 6) is 0.478. The van der Waals surface area contributed by atoms with Crippen LogP contribution in [-0.2, 0) is 4.79 Å². The van der Waals surface area contributed by atoms with E-state index < -0.39 is 11.0 Å². The van der Waals surface area contributed by atoms with Crippen molar-refractivity contribution in [1.82, 2.24) is 5.32 Å². The molecule has 0 aliphatic heterocycles. The maximum atomic E-state index is 12.4. The Morgan fingerprint density at radius 2 is 1.92 bits per heavy atom. The summed E-state index contributed by atoms with van der Waals surface area (Å²) in [6.45, 7) is 5.69. The molecule has 7 heteroatoms. The van der Waals surface area contributed by atoms with Crippen LogP contribution in [0.5, 0.6) is 5.75 Å². The van der Waals surface area contributed by atoms with Crippen molar-refractivity contribution >= 4 is 17.3 Å². The molecule has 0 aliphatic carbocycles. The molecule has 7 nitrogen and oxygen atoms in total. The van der Waals surface area contributed by atoms with Gasteiger partial charge in [-0.3, -0.25) is 20.2 Å². The molecule has 0 saturated carbocycles. The van der Waals surface area contributed by atoms with E-state index in [2.05, 4.69) is 10.6 Å². The lowest BCUT2D eigenvalue weighted by Crippen LogP contribution is -2.39. The van der Waals surface area contributed by atoms with E-state index in [0.717, 1.165) is 16.9 Å². The van der Waals surface area contributed by atoms with Crippen molar-refractivity contribution in [1.29, 1.82) is 0 Å². The average molecular weight is 357 g/mol. The molecule has 0 heterocycles. The third-order valence-electron chi connectivity index (χ3n) is 4.07. The number of nitrogens with zero attached hydrogens (tertiary/aromatic N) is 1. The predicted octanol–water partition coefficient (Wildman–Crippen LogP) is 3.59. The molecule has 0 unspecified atom stereocenters.